The molecule has 0 radical (unpaired) electrons. The summed E-state index contributed by atoms with van der Waals surface area (Å²) >= 11 is 0. The van der Waals surface area contributed by atoms with Crippen molar-refractivity contribution in [2.24, 2.45) is 5.73 Å². The number of hydrogen-bond acceptors (Lipinski definition) is 2. The summed E-state index contributed by atoms with van der Waals surface area (Å²) in [5.41, 5.74) is 6.67. The van der Waals surface area contributed by atoms with Gasteiger partial charge in [-0.05, 0) is 28.0 Å². The Hall–Kier alpha value is -1.16. The van der Waals surface area contributed by atoms with Crippen LogP contribution in [0.25, 0.3) is 0 Å². The molecule has 0 bridgehead atoms. The number of rotatable bonds is 2. The Bertz CT molecular complexity index is 484. The van der Waals surface area contributed by atoms with Crippen molar-refractivity contribution < 1.29 is 13.9 Å². The fourth-order valence-electron chi connectivity index (χ4n) is 2.05. The van der Waals surface area contributed by atoms with E-state index in [1.54, 1.807) is 6.07 Å². The highest BCUT2D eigenvalue weighted by molar-refractivity contribution is 5.50. The summed E-state index contributed by atoms with van der Waals surface area (Å²) in [7, 11) is 0. The molecule has 4 heteroatoms. The Morgan fingerprint density at radius 1 is 1.00 bits per heavy atom. The van der Waals surface area contributed by atoms with Crippen LogP contribution in [0.2, 0.25) is 0 Å². The molecule has 0 saturated heterocycles. The normalized spacial score (nSPS) is 14.7. The van der Waals surface area contributed by atoms with Gasteiger partial charge in [0.05, 0.1) is 6.04 Å². The summed E-state index contributed by atoms with van der Waals surface area (Å²) < 4.78 is 25.8. The van der Waals surface area contributed by atoms with Gasteiger partial charge in [-0.15, -0.1) is 0 Å². The largest absolute Gasteiger partial charge is 0.507 e. The third-order valence-corrected chi connectivity index (χ3v) is 3.44. The molecule has 0 spiro atoms. The van der Waals surface area contributed by atoms with Gasteiger partial charge in [0.2, 0.25) is 0 Å². The van der Waals surface area contributed by atoms with E-state index in [9.17, 15) is 13.9 Å². The van der Waals surface area contributed by atoms with Crippen molar-refractivity contribution >= 4 is 0 Å². The Kier molecular flexibility index (Phi) is 4.49. The second kappa shape index (κ2) is 5.32. The fourth-order valence-corrected chi connectivity index (χ4v) is 2.05. The van der Waals surface area contributed by atoms with E-state index in [-0.39, 0.29) is 22.1 Å². The summed E-state index contributed by atoms with van der Waals surface area (Å²) in [5, 5.41) is 10.3. The highest BCUT2D eigenvalue weighted by Crippen LogP contribution is 2.40. The quantitative estimate of drug-likeness (QED) is 0.853. The van der Waals surface area contributed by atoms with Crippen LogP contribution in [0.1, 0.15) is 64.3 Å². The van der Waals surface area contributed by atoms with Crippen LogP contribution < -0.4 is 5.73 Å². The zero-order valence-corrected chi connectivity index (χ0v) is 13.1. The third kappa shape index (κ3) is 3.48. The van der Waals surface area contributed by atoms with Gasteiger partial charge < -0.3 is 10.8 Å². The molecule has 2 nitrogen and oxygen atoms in total. The summed E-state index contributed by atoms with van der Waals surface area (Å²) in [4.78, 5) is 0. The van der Waals surface area contributed by atoms with Gasteiger partial charge in [0, 0.05) is 5.56 Å². The van der Waals surface area contributed by atoms with Crippen LogP contribution in [0, 0.1) is 0 Å². The maximum absolute atomic E-state index is 12.9. The lowest BCUT2D eigenvalue weighted by Gasteiger charge is -2.28. The van der Waals surface area contributed by atoms with Crippen LogP contribution in [0.15, 0.2) is 12.1 Å². The van der Waals surface area contributed by atoms with E-state index < -0.39 is 12.5 Å². The molecule has 0 fully saturated rings. The van der Waals surface area contributed by atoms with Crippen LogP contribution in [0.3, 0.4) is 0 Å². The summed E-state index contributed by atoms with van der Waals surface area (Å²) in [6, 6.07) is 2.01. The van der Waals surface area contributed by atoms with Crippen LogP contribution in [-0.2, 0) is 10.8 Å². The van der Waals surface area contributed by atoms with Gasteiger partial charge in [-0.25, -0.2) is 8.78 Å². The minimum absolute atomic E-state index is 0.113. The van der Waals surface area contributed by atoms with E-state index in [0.29, 0.717) is 5.56 Å². The first-order valence-electron chi connectivity index (χ1n) is 6.77. The predicted octanol–water partition coefficient (Wildman–Crippen LogP) is 4.25. The number of phenolic OH excluding ortho intramolecular Hbond substituents is 1. The molecule has 1 atom stereocenters. The molecule has 114 valence electrons. The summed E-state index contributed by atoms with van der Waals surface area (Å²) in [6.45, 7) is 11.8. The maximum Gasteiger partial charge on any atom is 0.257 e. The van der Waals surface area contributed by atoms with Crippen molar-refractivity contribution in [3.63, 3.8) is 0 Å². The lowest BCUT2D eigenvalue weighted by atomic mass is 9.78. The van der Waals surface area contributed by atoms with Gasteiger partial charge in [0.1, 0.15) is 5.75 Å². The minimum Gasteiger partial charge on any atom is -0.507 e. The second-order valence-electron chi connectivity index (χ2n) is 7.32. The van der Waals surface area contributed by atoms with Crippen LogP contribution in [0.5, 0.6) is 5.75 Å². The molecule has 1 rings (SSSR count). The Morgan fingerprint density at radius 3 is 1.85 bits per heavy atom. The Labute approximate surface area is 120 Å². The first-order chi connectivity index (χ1) is 8.85. The lowest BCUT2D eigenvalue weighted by molar-refractivity contribution is 0.115. The van der Waals surface area contributed by atoms with Crippen LogP contribution >= 0.6 is 0 Å². The van der Waals surface area contributed by atoms with Crippen molar-refractivity contribution in [1.82, 2.24) is 0 Å². The second-order valence-corrected chi connectivity index (χ2v) is 7.32. The number of nitrogens with two attached hydrogens (primary N) is 1. The molecule has 0 aliphatic carbocycles. The zero-order valence-electron chi connectivity index (χ0n) is 13.1. The minimum atomic E-state index is -2.70. The smallest absolute Gasteiger partial charge is 0.257 e. The lowest BCUT2D eigenvalue weighted by Crippen LogP contribution is -2.23. The van der Waals surface area contributed by atoms with Crippen molar-refractivity contribution in [3.8, 4) is 5.75 Å². The average molecular weight is 285 g/mol. The number of halogens is 2. The van der Waals surface area contributed by atoms with Crippen molar-refractivity contribution in [1.29, 1.82) is 0 Å². The van der Waals surface area contributed by atoms with E-state index in [0.717, 1.165) is 5.56 Å². The highest BCUT2D eigenvalue weighted by Gasteiger charge is 2.29. The van der Waals surface area contributed by atoms with Gasteiger partial charge in [-0.1, -0.05) is 47.6 Å². The van der Waals surface area contributed by atoms with E-state index in [1.807, 2.05) is 47.6 Å². The van der Waals surface area contributed by atoms with Gasteiger partial charge in [-0.3, -0.25) is 0 Å². The van der Waals surface area contributed by atoms with Gasteiger partial charge in [0.25, 0.3) is 6.43 Å². The molecule has 1 aromatic rings. The molecule has 0 saturated carbocycles. The van der Waals surface area contributed by atoms with E-state index in [2.05, 4.69) is 0 Å². The van der Waals surface area contributed by atoms with Gasteiger partial charge in [-0.2, -0.15) is 0 Å². The number of alkyl halides is 2. The average Bonchev–Trinajstić information content (AvgIpc) is 2.24. The molecule has 0 heterocycles. The maximum atomic E-state index is 12.9. The topological polar surface area (TPSA) is 46.2 Å². The SMILES string of the molecule is CC(C)(C)c1cc([C@H](N)C(F)F)c(O)c(C(C)(C)C)c1. The number of benzene rings is 1. The number of aromatic hydroxyl groups is 1. The molecular weight excluding hydrogens is 260 g/mol. The van der Waals surface area contributed by atoms with E-state index in [4.69, 9.17) is 5.73 Å². The van der Waals surface area contributed by atoms with Crippen molar-refractivity contribution in [2.45, 2.75) is 64.8 Å². The van der Waals surface area contributed by atoms with Crippen molar-refractivity contribution in [2.75, 3.05) is 0 Å². The zero-order chi connectivity index (χ0) is 15.9. The molecule has 1 aromatic carbocycles. The van der Waals surface area contributed by atoms with Crippen LogP contribution in [-0.4, -0.2) is 11.5 Å². The number of phenols is 1. The fraction of sp³-hybridized carbons (Fsp3) is 0.625. The van der Waals surface area contributed by atoms with E-state index in [1.165, 1.54) is 0 Å². The standard InChI is InChI=1S/C16H25F2NO/c1-15(2,3)9-7-10(12(19)14(17)18)13(20)11(8-9)16(4,5)6/h7-8,12,14,20H,19H2,1-6H3/t12-/m0/s1. The third-order valence-electron chi connectivity index (χ3n) is 3.44. The molecule has 0 aliphatic heterocycles. The molecule has 3 N–H and O–H groups in total. The Morgan fingerprint density at radius 2 is 1.50 bits per heavy atom. The monoisotopic (exact) mass is 285 g/mol. The summed E-state index contributed by atoms with van der Waals surface area (Å²) in [6.07, 6.45) is -2.70. The first kappa shape index (κ1) is 16.9. The first-order valence-corrected chi connectivity index (χ1v) is 6.77. The van der Waals surface area contributed by atoms with Gasteiger partial charge >= 0.3 is 0 Å². The number of hydrogen-bond donors (Lipinski definition) is 2. The molecular formula is C16H25F2NO. The molecule has 20 heavy (non-hydrogen) atoms. The predicted molar refractivity (Wildman–Crippen MR) is 78.4 cm³/mol. The molecule has 0 unspecified atom stereocenters. The van der Waals surface area contributed by atoms with Gasteiger partial charge in [0.15, 0.2) is 0 Å². The van der Waals surface area contributed by atoms with Crippen molar-refractivity contribution in [3.05, 3.63) is 28.8 Å². The summed E-state index contributed by atoms with van der Waals surface area (Å²) in [5.74, 6) is -0.113. The molecule has 0 aliphatic rings. The van der Waals surface area contributed by atoms with E-state index >= 15 is 0 Å². The molecule has 0 aromatic heterocycles. The molecule has 0 amide bonds. The Balaban J connectivity index is 3.60. The highest BCUT2D eigenvalue weighted by atomic mass is 19.3. The van der Waals surface area contributed by atoms with Crippen LogP contribution in [0.4, 0.5) is 8.78 Å².